The zero-order chi connectivity index (χ0) is 33.2. The molecule has 0 radical (unpaired) electrons. The van der Waals surface area contributed by atoms with Crippen LogP contribution in [0.2, 0.25) is 15.1 Å². The maximum atomic E-state index is 14.0. The van der Waals surface area contributed by atoms with E-state index in [2.05, 4.69) is 5.32 Å². The Hall–Kier alpha value is -2.99. The number of alkyl halides is 3. The number of hydrogen-bond acceptors (Lipinski definition) is 4. The number of carbonyl (C=O) groups excluding carboxylic acids is 2. The summed E-state index contributed by atoms with van der Waals surface area (Å²) in [6.45, 7) is 7.23. The molecule has 3 aromatic rings. The van der Waals surface area contributed by atoms with Gasteiger partial charge in [-0.05, 0) is 82.6 Å². The Balaban J connectivity index is 2.15. The fourth-order valence-corrected chi connectivity index (χ4v) is 6.24. The molecule has 14 heteroatoms. The van der Waals surface area contributed by atoms with Gasteiger partial charge in [0.05, 0.1) is 21.2 Å². The molecule has 0 saturated heterocycles. The Kier molecular flexibility index (Phi) is 10.9. The van der Waals surface area contributed by atoms with E-state index < -0.39 is 62.4 Å². The summed E-state index contributed by atoms with van der Waals surface area (Å²) in [5, 5.41) is 2.65. The van der Waals surface area contributed by atoms with E-state index in [1.54, 1.807) is 33.8 Å². The molecule has 1 N–H and O–H groups in total. The number of aryl methyl sites for hydroxylation is 1. The van der Waals surface area contributed by atoms with Gasteiger partial charge in [-0.2, -0.15) is 13.2 Å². The molecule has 0 aliphatic carbocycles. The number of hydrogen-bond donors (Lipinski definition) is 1. The van der Waals surface area contributed by atoms with E-state index in [0.29, 0.717) is 21.0 Å². The average Bonchev–Trinajstić information content (AvgIpc) is 2.90. The zero-order valence-corrected chi connectivity index (χ0v) is 27.6. The normalized spacial score (nSPS) is 12.9. The topological polar surface area (TPSA) is 86.8 Å². The predicted octanol–water partition coefficient (Wildman–Crippen LogP) is 7.50. The Morgan fingerprint density at radius 1 is 0.909 bits per heavy atom. The summed E-state index contributed by atoms with van der Waals surface area (Å²) in [6.07, 6.45) is -4.91. The van der Waals surface area contributed by atoms with Crippen molar-refractivity contribution < 1.29 is 31.2 Å². The third-order valence-electron chi connectivity index (χ3n) is 6.45. The highest BCUT2D eigenvalue weighted by Gasteiger charge is 2.37. The second-order valence-electron chi connectivity index (χ2n) is 11.2. The number of anilines is 1. The van der Waals surface area contributed by atoms with Crippen molar-refractivity contribution in [1.82, 2.24) is 10.2 Å². The van der Waals surface area contributed by atoms with Crippen LogP contribution in [0.15, 0.2) is 65.6 Å². The van der Waals surface area contributed by atoms with Gasteiger partial charge in [-0.15, -0.1) is 0 Å². The molecule has 0 spiro atoms. The van der Waals surface area contributed by atoms with Gasteiger partial charge in [0.2, 0.25) is 11.8 Å². The van der Waals surface area contributed by atoms with Crippen molar-refractivity contribution in [2.45, 2.75) is 63.8 Å². The molecule has 0 aliphatic rings. The van der Waals surface area contributed by atoms with Crippen molar-refractivity contribution in [3.63, 3.8) is 0 Å². The number of halogens is 6. The molecule has 0 aliphatic heterocycles. The summed E-state index contributed by atoms with van der Waals surface area (Å²) < 4.78 is 69.8. The fourth-order valence-electron chi connectivity index (χ4n) is 4.14. The van der Waals surface area contributed by atoms with E-state index in [1.807, 2.05) is 0 Å². The largest absolute Gasteiger partial charge is 0.417 e. The van der Waals surface area contributed by atoms with Crippen LogP contribution in [0.1, 0.15) is 44.4 Å². The van der Waals surface area contributed by atoms with E-state index in [9.17, 15) is 31.2 Å². The smallest absolute Gasteiger partial charge is 0.350 e. The molecule has 0 heterocycles. The van der Waals surface area contributed by atoms with Gasteiger partial charge >= 0.3 is 6.18 Å². The monoisotopic (exact) mass is 691 g/mol. The molecule has 3 aromatic carbocycles. The minimum Gasteiger partial charge on any atom is -0.350 e. The van der Waals surface area contributed by atoms with E-state index in [-0.39, 0.29) is 16.5 Å². The summed E-state index contributed by atoms with van der Waals surface area (Å²) in [4.78, 5) is 28.1. The lowest BCUT2D eigenvalue weighted by atomic mass is 10.1. The Morgan fingerprint density at radius 3 is 2.07 bits per heavy atom. The second-order valence-corrected chi connectivity index (χ2v) is 14.3. The molecular formula is C30H31Cl3F3N3O4S. The highest BCUT2D eigenvalue weighted by molar-refractivity contribution is 7.92. The third-order valence-corrected chi connectivity index (χ3v) is 9.16. The molecule has 2 amide bonds. The van der Waals surface area contributed by atoms with Gasteiger partial charge in [0.25, 0.3) is 10.0 Å². The van der Waals surface area contributed by atoms with Crippen LogP contribution in [0, 0.1) is 6.92 Å². The minimum absolute atomic E-state index is 0.190. The van der Waals surface area contributed by atoms with Crippen molar-refractivity contribution in [3.05, 3.63) is 92.4 Å². The summed E-state index contributed by atoms with van der Waals surface area (Å²) >= 11 is 18.2. The summed E-state index contributed by atoms with van der Waals surface area (Å²) in [5.74, 6) is -1.43. The van der Waals surface area contributed by atoms with Gasteiger partial charge in [-0.1, -0.05) is 58.6 Å². The van der Waals surface area contributed by atoms with Crippen LogP contribution in [0.3, 0.4) is 0 Å². The van der Waals surface area contributed by atoms with Gasteiger partial charge in [0.15, 0.2) is 0 Å². The standard InChI is InChI=1S/C30H31Cl3F3N3O4S/c1-18-6-11-23(12-7-18)44(42,43)39(22-10-13-25(32)24(15-22)30(34,35)36)17-27(40)38(19(2)28(41)37-29(3,4)5)16-20-8-9-21(31)14-26(20)33/h6-15,19H,16-17H2,1-5H3,(H,37,41)/t19-/m0/s1. The number of carbonyl (C=O) groups is 2. The zero-order valence-electron chi connectivity index (χ0n) is 24.5. The van der Waals surface area contributed by atoms with Crippen molar-refractivity contribution in [3.8, 4) is 0 Å². The predicted molar refractivity (Wildman–Crippen MR) is 167 cm³/mol. The lowest BCUT2D eigenvalue weighted by Gasteiger charge is -2.33. The molecule has 7 nitrogen and oxygen atoms in total. The lowest BCUT2D eigenvalue weighted by Crippen LogP contribution is -2.54. The fraction of sp³-hybridized carbons (Fsp3) is 0.333. The van der Waals surface area contributed by atoms with E-state index in [4.69, 9.17) is 34.8 Å². The summed E-state index contributed by atoms with van der Waals surface area (Å²) in [6, 6.07) is 11.5. The third kappa shape index (κ3) is 8.80. The maximum absolute atomic E-state index is 14.0. The molecule has 0 aromatic heterocycles. The van der Waals surface area contributed by atoms with Crippen molar-refractivity contribution in [2.24, 2.45) is 0 Å². The van der Waals surface area contributed by atoms with Gasteiger partial charge in [-0.25, -0.2) is 8.42 Å². The number of nitrogens with one attached hydrogen (secondary N) is 1. The number of rotatable bonds is 9. The van der Waals surface area contributed by atoms with Crippen LogP contribution >= 0.6 is 34.8 Å². The lowest BCUT2D eigenvalue weighted by molar-refractivity contribution is -0.140. The quantitative estimate of drug-likeness (QED) is 0.252. The molecule has 1 atom stereocenters. The van der Waals surface area contributed by atoms with Gasteiger partial charge in [-0.3, -0.25) is 13.9 Å². The SMILES string of the molecule is Cc1ccc(S(=O)(=O)N(CC(=O)N(Cc2ccc(Cl)cc2Cl)[C@@H](C)C(=O)NC(C)(C)C)c2ccc(Cl)c(C(F)(F)F)c2)cc1. The van der Waals surface area contributed by atoms with Crippen LogP contribution in [0.25, 0.3) is 0 Å². The van der Waals surface area contributed by atoms with E-state index in [1.165, 1.54) is 43.3 Å². The molecule has 238 valence electrons. The second kappa shape index (κ2) is 13.6. The molecule has 0 saturated carbocycles. The van der Waals surface area contributed by atoms with Crippen LogP contribution in [0.4, 0.5) is 18.9 Å². The molecule has 44 heavy (non-hydrogen) atoms. The first kappa shape index (κ1) is 35.5. The van der Waals surface area contributed by atoms with Crippen LogP contribution < -0.4 is 9.62 Å². The Labute approximate surface area is 269 Å². The summed E-state index contributed by atoms with van der Waals surface area (Å²) in [7, 11) is -4.60. The minimum atomic E-state index is -4.91. The highest BCUT2D eigenvalue weighted by Crippen LogP contribution is 2.38. The number of nitrogens with zero attached hydrogens (tertiary/aromatic N) is 2. The maximum Gasteiger partial charge on any atom is 0.417 e. The van der Waals surface area contributed by atoms with Gasteiger partial charge in [0.1, 0.15) is 12.6 Å². The first-order chi connectivity index (χ1) is 20.2. The van der Waals surface area contributed by atoms with Crippen LogP contribution in [-0.4, -0.2) is 43.3 Å². The average molecular weight is 693 g/mol. The van der Waals surface area contributed by atoms with E-state index in [0.717, 1.165) is 22.6 Å². The van der Waals surface area contributed by atoms with Gasteiger partial charge < -0.3 is 10.2 Å². The van der Waals surface area contributed by atoms with Crippen molar-refractivity contribution in [1.29, 1.82) is 0 Å². The van der Waals surface area contributed by atoms with Gasteiger partial charge in [0, 0.05) is 22.1 Å². The molecule has 0 bridgehead atoms. The van der Waals surface area contributed by atoms with E-state index >= 15 is 0 Å². The number of benzene rings is 3. The first-order valence-corrected chi connectivity index (χ1v) is 15.8. The molecule has 3 rings (SSSR count). The van der Waals surface area contributed by atoms with Crippen molar-refractivity contribution in [2.75, 3.05) is 10.8 Å². The Bertz CT molecular complexity index is 1640. The first-order valence-electron chi connectivity index (χ1n) is 13.2. The number of amides is 2. The Morgan fingerprint density at radius 2 is 1.52 bits per heavy atom. The molecule has 0 fully saturated rings. The van der Waals surface area contributed by atoms with Crippen molar-refractivity contribution >= 4 is 62.3 Å². The molecule has 0 unspecified atom stereocenters. The molecular weight excluding hydrogens is 662 g/mol. The number of sulfonamides is 1. The highest BCUT2D eigenvalue weighted by atomic mass is 35.5. The van der Waals surface area contributed by atoms with Crippen LogP contribution in [-0.2, 0) is 32.3 Å². The summed E-state index contributed by atoms with van der Waals surface area (Å²) in [5.41, 5.74) is -1.26. The van der Waals surface area contributed by atoms with Crippen LogP contribution in [0.5, 0.6) is 0 Å².